The van der Waals surface area contributed by atoms with E-state index in [0.717, 1.165) is 0 Å². The highest BCUT2D eigenvalue weighted by molar-refractivity contribution is 5.27. The van der Waals surface area contributed by atoms with Crippen LogP contribution in [0.3, 0.4) is 0 Å². The zero-order valence-corrected chi connectivity index (χ0v) is 10.5. The minimum Gasteiger partial charge on any atom is -0.324 e. The third-order valence-corrected chi connectivity index (χ3v) is 2.42. The Morgan fingerprint density at radius 2 is 1.88 bits per heavy atom. The maximum atomic E-state index is 12.3. The first-order valence-electron chi connectivity index (χ1n) is 5.37. The van der Waals surface area contributed by atoms with Crippen LogP contribution in [0.2, 0.25) is 0 Å². The van der Waals surface area contributed by atoms with Crippen LogP contribution in [-0.2, 0) is 12.5 Å². The van der Waals surface area contributed by atoms with Crippen molar-refractivity contribution in [3.63, 3.8) is 0 Å². The zero-order valence-electron chi connectivity index (χ0n) is 10.5. The lowest BCUT2D eigenvalue weighted by atomic mass is 9.87. The number of aromatic nitrogens is 2. The second-order valence-electron chi connectivity index (χ2n) is 5.28. The maximum absolute atomic E-state index is 12.3. The van der Waals surface area contributed by atoms with Crippen molar-refractivity contribution in [2.75, 3.05) is 0 Å². The molecule has 0 amide bonds. The van der Waals surface area contributed by atoms with Crippen molar-refractivity contribution in [3.8, 4) is 0 Å². The zero-order chi connectivity index (χ0) is 13.4. The standard InChI is InChI=1S/C11H18F3N3/c1-10(2,3)9-7(6-17(4)16-9)8(15)5-11(12,13)14/h6,8H,5,15H2,1-4H3/t8-/m0/s1. The third-order valence-electron chi connectivity index (χ3n) is 2.42. The van der Waals surface area contributed by atoms with Crippen molar-refractivity contribution >= 4 is 0 Å². The van der Waals surface area contributed by atoms with Gasteiger partial charge >= 0.3 is 6.18 Å². The topological polar surface area (TPSA) is 43.8 Å². The summed E-state index contributed by atoms with van der Waals surface area (Å²) in [5.41, 5.74) is 6.39. The lowest BCUT2D eigenvalue weighted by Gasteiger charge is -2.21. The molecule has 3 nitrogen and oxygen atoms in total. The first kappa shape index (κ1) is 14.0. The molecule has 0 fully saturated rings. The molecule has 98 valence electrons. The van der Waals surface area contributed by atoms with Crippen LogP contribution >= 0.6 is 0 Å². The number of hydrogen-bond donors (Lipinski definition) is 1. The van der Waals surface area contributed by atoms with Gasteiger partial charge in [-0.1, -0.05) is 20.8 Å². The van der Waals surface area contributed by atoms with Crippen LogP contribution in [0.15, 0.2) is 6.20 Å². The van der Waals surface area contributed by atoms with Crippen LogP contribution < -0.4 is 5.73 Å². The monoisotopic (exact) mass is 249 g/mol. The fourth-order valence-corrected chi connectivity index (χ4v) is 1.72. The van der Waals surface area contributed by atoms with E-state index < -0.39 is 18.6 Å². The van der Waals surface area contributed by atoms with Crippen LogP contribution in [0.4, 0.5) is 13.2 Å². The van der Waals surface area contributed by atoms with E-state index in [1.807, 2.05) is 20.8 Å². The number of rotatable bonds is 2. The Morgan fingerprint density at radius 1 is 1.35 bits per heavy atom. The summed E-state index contributed by atoms with van der Waals surface area (Å²) in [5, 5.41) is 4.20. The minimum absolute atomic E-state index is 0.320. The molecule has 0 aliphatic carbocycles. The molecular weight excluding hydrogens is 231 g/mol. The molecule has 6 heteroatoms. The molecule has 1 heterocycles. The highest BCUT2D eigenvalue weighted by Crippen LogP contribution is 2.33. The Labute approximate surface area is 98.8 Å². The van der Waals surface area contributed by atoms with Crippen molar-refractivity contribution < 1.29 is 13.2 Å². The highest BCUT2D eigenvalue weighted by atomic mass is 19.4. The number of nitrogens with two attached hydrogens (primary N) is 1. The first-order valence-corrected chi connectivity index (χ1v) is 5.37. The second kappa shape index (κ2) is 4.33. The number of halogens is 3. The first-order chi connectivity index (χ1) is 7.50. The number of alkyl halides is 3. The molecule has 2 N–H and O–H groups in total. The Bertz CT molecular complexity index is 388. The number of nitrogens with zero attached hydrogens (tertiary/aromatic N) is 2. The smallest absolute Gasteiger partial charge is 0.324 e. The molecular formula is C11H18F3N3. The summed E-state index contributed by atoms with van der Waals surface area (Å²) >= 11 is 0. The summed E-state index contributed by atoms with van der Waals surface area (Å²) in [6, 6.07) is -1.06. The quantitative estimate of drug-likeness (QED) is 0.875. The van der Waals surface area contributed by atoms with E-state index >= 15 is 0 Å². The average Bonchev–Trinajstić information content (AvgIpc) is 2.43. The molecule has 0 aliphatic rings. The molecule has 0 aliphatic heterocycles. The fraction of sp³-hybridized carbons (Fsp3) is 0.727. The minimum atomic E-state index is -4.26. The van der Waals surface area contributed by atoms with Gasteiger partial charge in [0.05, 0.1) is 12.1 Å². The van der Waals surface area contributed by atoms with Gasteiger partial charge in [0, 0.05) is 30.3 Å². The van der Waals surface area contributed by atoms with E-state index in [2.05, 4.69) is 5.10 Å². The lowest BCUT2D eigenvalue weighted by molar-refractivity contribution is -0.138. The molecule has 0 bridgehead atoms. The van der Waals surface area contributed by atoms with Gasteiger partial charge in [0.2, 0.25) is 0 Å². The van der Waals surface area contributed by atoms with Gasteiger partial charge in [-0.15, -0.1) is 0 Å². The highest BCUT2D eigenvalue weighted by Gasteiger charge is 2.34. The predicted octanol–water partition coefficient (Wildman–Crippen LogP) is 2.67. The summed E-state index contributed by atoms with van der Waals surface area (Å²) in [4.78, 5) is 0. The molecule has 0 unspecified atom stereocenters. The Morgan fingerprint density at radius 3 is 2.29 bits per heavy atom. The van der Waals surface area contributed by atoms with E-state index in [4.69, 9.17) is 5.73 Å². The summed E-state index contributed by atoms with van der Waals surface area (Å²) < 4.78 is 38.5. The summed E-state index contributed by atoms with van der Waals surface area (Å²) in [7, 11) is 1.68. The Hall–Kier alpha value is -1.04. The van der Waals surface area contributed by atoms with Crippen LogP contribution in [0.25, 0.3) is 0 Å². The SMILES string of the molecule is Cn1cc([C@@H](N)CC(F)(F)F)c(C(C)(C)C)n1. The van der Waals surface area contributed by atoms with E-state index in [0.29, 0.717) is 11.3 Å². The average molecular weight is 249 g/mol. The van der Waals surface area contributed by atoms with Gasteiger partial charge in [-0.2, -0.15) is 18.3 Å². The van der Waals surface area contributed by atoms with Gasteiger partial charge in [-0.25, -0.2) is 0 Å². The van der Waals surface area contributed by atoms with Gasteiger partial charge in [-0.3, -0.25) is 4.68 Å². The third kappa shape index (κ3) is 3.73. The van der Waals surface area contributed by atoms with Crippen LogP contribution in [0.1, 0.15) is 44.5 Å². The van der Waals surface area contributed by atoms with Crippen LogP contribution in [-0.4, -0.2) is 16.0 Å². The van der Waals surface area contributed by atoms with E-state index in [9.17, 15) is 13.2 Å². The molecule has 0 saturated heterocycles. The fourth-order valence-electron chi connectivity index (χ4n) is 1.72. The van der Waals surface area contributed by atoms with E-state index in [-0.39, 0.29) is 5.41 Å². The predicted molar refractivity (Wildman–Crippen MR) is 59.5 cm³/mol. The van der Waals surface area contributed by atoms with Gasteiger partial charge in [-0.05, 0) is 0 Å². The molecule has 17 heavy (non-hydrogen) atoms. The molecule has 1 aromatic heterocycles. The van der Waals surface area contributed by atoms with Gasteiger partial charge in [0.1, 0.15) is 0 Å². The molecule has 1 rings (SSSR count). The molecule has 1 aromatic rings. The summed E-state index contributed by atoms with van der Waals surface area (Å²) in [6.45, 7) is 5.71. The lowest BCUT2D eigenvalue weighted by Crippen LogP contribution is -2.23. The molecule has 0 radical (unpaired) electrons. The second-order valence-corrected chi connectivity index (χ2v) is 5.28. The van der Waals surface area contributed by atoms with E-state index in [1.54, 1.807) is 13.2 Å². The van der Waals surface area contributed by atoms with Crippen LogP contribution in [0, 0.1) is 0 Å². The Kier molecular flexibility index (Phi) is 3.57. The van der Waals surface area contributed by atoms with Crippen molar-refractivity contribution in [2.24, 2.45) is 12.8 Å². The largest absolute Gasteiger partial charge is 0.390 e. The van der Waals surface area contributed by atoms with Crippen molar-refractivity contribution in [2.45, 2.75) is 44.8 Å². The normalized spacial score (nSPS) is 15.1. The van der Waals surface area contributed by atoms with Gasteiger partial charge in [0.25, 0.3) is 0 Å². The summed E-state index contributed by atoms with van der Waals surface area (Å²) in [5.74, 6) is 0. The number of aryl methyl sites for hydroxylation is 1. The summed E-state index contributed by atoms with van der Waals surface area (Å²) in [6.07, 6.45) is -3.72. The van der Waals surface area contributed by atoms with Gasteiger partial charge in [0.15, 0.2) is 0 Å². The maximum Gasteiger partial charge on any atom is 0.390 e. The van der Waals surface area contributed by atoms with E-state index in [1.165, 1.54) is 4.68 Å². The molecule has 1 atom stereocenters. The molecule has 0 spiro atoms. The van der Waals surface area contributed by atoms with Crippen molar-refractivity contribution in [1.82, 2.24) is 9.78 Å². The number of hydrogen-bond acceptors (Lipinski definition) is 2. The van der Waals surface area contributed by atoms with Crippen LogP contribution in [0.5, 0.6) is 0 Å². The molecule has 0 saturated carbocycles. The Balaban J connectivity index is 3.05. The van der Waals surface area contributed by atoms with Crippen molar-refractivity contribution in [3.05, 3.63) is 17.5 Å². The molecule has 0 aromatic carbocycles. The van der Waals surface area contributed by atoms with Gasteiger partial charge < -0.3 is 5.73 Å². The van der Waals surface area contributed by atoms with Crippen molar-refractivity contribution in [1.29, 1.82) is 0 Å².